The predicted molar refractivity (Wildman–Crippen MR) is 88.0 cm³/mol. The third-order valence-electron chi connectivity index (χ3n) is 4.38. The fourth-order valence-corrected chi connectivity index (χ4v) is 3.70. The molecule has 6 heteroatoms. The van der Waals surface area contributed by atoms with E-state index in [1.165, 1.54) is 0 Å². The van der Waals surface area contributed by atoms with Gasteiger partial charge >= 0.3 is 5.69 Å². The molecule has 0 saturated carbocycles. The summed E-state index contributed by atoms with van der Waals surface area (Å²) >= 11 is 3.61. The zero-order valence-electron chi connectivity index (χ0n) is 11.9. The highest BCUT2D eigenvalue weighted by atomic mass is 79.9. The Labute approximate surface area is 129 Å². The minimum atomic E-state index is 0.0285. The van der Waals surface area contributed by atoms with Crippen LogP contribution in [0.15, 0.2) is 27.6 Å². The maximum absolute atomic E-state index is 12.7. The monoisotopic (exact) mass is 346 g/mol. The van der Waals surface area contributed by atoms with E-state index in [-0.39, 0.29) is 11.7 Å². The number of nitrogens with one attached hydrogen (secondary N) is 1. The lowest BCUT2D eigenvalue weighted by Gasteiger charge is -2.15. The molecule has 108 valence electrons. The average Bonchev–Trinajstić information content (AvgIpc) is 2.66. The Balaban J connectivity index is 2.33. The first-order valence-electron chi connectivity index (χ1n) is 7.05. The van der Waals surface area contributed by atoms with Crippen LogP contribution < -0.4 is 11.0 Å². The number of hydrogen-bond acceptors (Lipinski definition) is 3. The Morgan fingerprint density at radius 3 is 3.05 bits per heavy atom. The zero-order chi connectivity index (χ0) is 14.7. The normalized spacial score (nSPS) is 17.4. The molecule has 0 bridgehead atoms. The fraction of sp³-hybridized carbons (Fsp3) is 0.333. The summed E-state index contributed by atoms with van der Waals surface area (Å²) in [5, 5.41) is 4.51. The van der Waals surface area contributed by atoms with Crippen molar-refractivity contribution in [3.05, 3.63) is 33.3 Å². The van der Waals surface area contributed by atoms with Crippen LogP contribution >= 0.6 is 15.9 Å². The van der Waals surface area contributed by atoms with Crippen LogP contribution in [0.2, 0.25) is 0 Å². The number of aryl methyl sites for hydroxylation is 1. The van der Waals surface area contributed by atoms with Gasteiger partial charge in [-0.3, -0.25) is 14.1 Å². The highest BCUT2D eigenvalue weighted by Gasteiger charge is 2.25. The molecule has 1 aliphatic heterocycles. The molecule has 0 fully saturated rings. The van der Waals surface area contributed by atoms with Crippen LogP contribution in [0.3, 0.4) is 0 Å². The number of hydrogen-bond donors (Lipinski definition) is 1. The second-order valence-corrected chi connectivity index (χ2v) is 6.32. The summed E-state index contributed by atoms with van der Waals surface area (Å²) in [6.07, 6.45) is 2.70. The molecule has 0 spiro atoms. The van der Waals surface area contributed by atoms with E-state index in [2.05, 4.69) is 33.2 Å². The highest BCUT2D eigenvalue weighted by molar-refractivity contribution is 9.10. The summed E-state index contributed by atoms with van der Waals surface area (Å²) in [7, 11) is 1.81. The van der Waals surface area contributed by atoms with Gasteiger partial charge in [0.05, 0.1) is 39.9 Å². The molecule has 1 aliphatic rings. The van der Waals surface area contributed by atoms with Crippen molar-refractivity contribution < 1.29 is 0 Å². The molecule has 0 unspecified atom stereocenters. The second-order valence-electron chi connectivity index (χ2n) is 5.46. The molecule has 2 aromatic heterocycles. The van der Waals surface area contributed by atoms with Crippen LogP contribution in [-0.4, -0.2) is 20.7 Å². The van der Waals surface area contributed by atoms with Gasteiger partial charge in [0.2, 0.25) is 0 Å². The second kappa shape index (κ2) is 4.34. The van der Waals surface area contributed by atoms with E-state index in [0.29, 0.717) is 0 Å². The van der Waals surface area contributed by atoms with E-state index in [9.17, 15) is 4.79 Å². The molecular weight excluding hydrogens is 332 g/mol. The molecule has 0 amide bonds. The molecule has 21 heavy (non-hydrogen) atoms. The molecule has 3 heterocycles. The van der Waals surface area contributed by atoms with Crippen LogP contribution in [0.25, 0.3) is 21.9 Å². The largest absolute Gasteiger partial charge is 0.381 e. The van der Waals surface area contributed by atoms with Crippen molar-refractivity contribution in [2.24, 2.45) is 7.05 Å². The van der Waals surface area contributed by atoms with Crippen molar-refractivity contribution >= 4 is 43.6 Å². The average molecular weight is 347 g/mol. The first-order valence-corrected chi connectivity index (χ1v) is 7.84. The lowest BCUT2D eigenvalue weighted by molar-refractivity contribution is 0.503. The van der Waals surface area contributed by atoms with Crippen LogP contribution in [-0.2, 0) is 7.05 Å². The first-order chi connectivity index (χ1) is 10.1. The lowest BCUT2D eigenvalue weighted by Crippen LogP contribution is -2.28. The van der Waals surface area contributed by atoms with Crippen molar-refractivity contribution in [2.45, 2.75) is 19.4 Å². The number of aromatic nitrogens is 3. The van der Waals surface area contributed by atoms with Gasteiger partial charge in [-0.1, -0.05) is 6.92 Å². The van der Waals surface area contributed by atoms with Gasteiger partial charge in [0.15, 0.2) is 0 Å². The number of imidazole rings is 1. The third kappa shape index (κ3) is 1.56. The van der Waals surface area contributed by atoms with Gasteiger partial charge in [-0.05, 0) is 34.5 Å². The van der Waals surface area contributed by atoms with Crippen molar-refractivity contribution in [2.75, 3.05) is 11.9 Å². The molecule has 0 radical (unpaired) electrons. The van der Waals surface area contributed by atoms with Crippen molar-refractivity contribution in [3.63, 3.8) is 0 Å². The maximum atomic E-state index is 12.7. The minimum absolute atomic E-state index is 0.0285. The minimum Gasteiger partial charge on any atom is -0.381 e. The Kier molecular flexibility index (Phi) is 2.66. The van der Waals surface area contributed by atoms with Crippen LogP contribution in [0.1, 0.15) is 19.4 Å². The number of halogens is 1. The maximum Gasteiger partial charge on any atom is 0.329 e. The summed E-state index contributed by atoms with van der Waals surface area (Å²) < 4.78 is 4.62. The topological polar surface area (TPSA) is 51.9 Å². The summed E-state index contributed by atoms with van der Waals surface area (Å²) in [4.78, 5) is 17.2. The standard InChI is InChI=1S/C15H15BrN4O/c1-3-8-6-18-13-9(16)4-5-10-12(13)14-11(7-17-10)19(2)15(21)20(8)14/h4-5,7-8,18H,3,6H2,1-2H3/t8-/m1/s1. The molecule has 0 saturated heterocycles. The summed E-state index contributed by atoms with van der Waals surface area (Å²) in [6, 6.07) is 4.13. The third-order valence-corrected chi connectivity index (χ3v) is 5.04. The molecule has 1 N–H and O–H groups in total. The van der Waals surface area contributed by atoms with Gasteiger partial charge in [0, 0.05) is 18.1 Å². The molecule has 0 aliphatic carbocycles. The van der Waals surface area contributed by atoms with Crippen LogP contribution in [0.5, 0.6) is 0 Å². The first kappa shape index (κ1) is 12.9. The highest BCUT2D eigenvalue weighted by Crippen LogP contribution is 2.38. The van der Waals surface area contributed by atoms with Gasteiger partial charge < -0.3 is 5.32 Å². The number of pyridine rings is 1. The Hall–Kier alpha value is -1.82. The molecule has 5 nitrogen and oxygen atoms in total. The Bertz CT molecular complexity index is 940. The number of anilines is 1. The SMILES string of the molecule is CC[C@@H]1CNc2c(Br)ccc3ncc4c(c23)n1c(=O)n4C. The van der Waals surface area contributed by atoms with Crippen molar-refractivity contribution in [3.8, 4) is 0 Å². The number of nitrogens with zero attached hydrogens (tertiary/aromatic N) is 3. The molecule has 1 atom stereocenters. The van der Waals surface area contributed by atoms with Gasteiger partial charge in [-0.15, -0.1) is 0 Å². The van der Waals surface area contributed by atoms with Gasteiger partial charge in [-0.25, -0.2) is 4.79 Å². The van der Waals surface area contributed by atoms with E-state index in [1.54, 1.807) is 10.8 Å². The van der Waals surface area contributed by atoms with Crippen molar-refractivity contribution in [1.82, 2.24) is 14.1 Å². The Morgan fingerprint density at radius 2 is 2.29 bits per heavy atom. The van der Waals surface area contributed by atoms with E-state index in [4.69, 9.17) is 0 Å². The van der Waals surface area contributed by atoms with E-state index < -0.39 is 0 Å². The van der Waals surface area contributed by atoms with Crippen molar-refractivity contribution in [1.29, 1.82) is 0 Å². The fourth-order valence-electron chi connectivity index (χ4n) is 3.23. The van der Waals surface area contributed by atoms with E-state index in [0.717, 1.165) is 45.1 Å². The number of rotatable bonds is 1. The van der Waals surface area contributed by atoms with Gasteiger partial charge in [-0.2, -0.15) is 0 Å². The van der Waals surface area contributed by atoms with Gasteiger partial charge in [0.1, 0.15) is 0 Å². The Morgan fingerprint density at radius 1 is 1.48 bits per heavy atom. The lowest BCUT2D eigenvalue weighted by atomic mass is 10.1. The van der Waals surface area contributed by atoms with Crippen LogP contribution in [0, 0.1) is 0 Å². The van der Waals surface area contributed by atoms with Gasteiger partial charge in [0.25, 0.3) is 0 Å². The van der Waals surface area contributed by atoms with E-state index >= 15 is 0 Å². The predicted octanol–water partition coefficient (Wildman–Crippen LogP) is 3.03. The van der Waals surface area contributed by atoms with E-state index in [1.807, 2.05) is 23.7 Å². The summed E-state index contributed by atoms with van der Waals surface area (Å²) in [5.41, 5.74) is 3.83. The molecule has 1 aromatic carbocycles. The van der Waals surface area contributed by atoms with Crippen LogP contribution in [0.4, 0.5) is 5.69 Å². The summed E-state index contributed by atoms with van der Waals surface area (Å²) in [6.45, 7) is 2.85. The number of benzene rings is 1. The summed E-state index contributed by atoms with van der Waals surface area (Å²) in [5.74, 6) is 0. The molecule has 4 rings (SSSR count). The smallest absolute Gasteiger partial charge is 0.329 e. The molecular formula is C15H15BrN4O. The quantitative estimate of drug-likeness (QED) is 0.736. The molecule has 3 aromatic rings. The zero-order valence-corrected chi connectivity index (χ0v) is 13.4.